The van der Waals surface area contributed by atoms with Crippen LogP contribution in [0.1, 0.15) is 5.56 Å². The highest BCUT2D eigenvalue weighted by Crippen LogP contribution is 2.21. The summed E-state index contributed by atoms with van der Waals surface area (Å²) in [7, 11) is -4.08. The van der Waals surface area contributed by atoms with Crippen molar-refractivity contribution in [2.45, 2.75) is 18.0 Å². The second-order valence-electron chi connectivity index (χ2n) is 4.19. The van der Waals surface area contributed by atoms with Crippen LogP contribution in [0, 0.1) is 6.92 Å². The molecule has 9 heteroatoms. The van der Waals surface area contributed by atoms with Gasteiger partial charge in [-0.1, -0.05) is 6.07 Å². The Morgan fingerprint density at radius 3 is 2.50 bits per heavy atom. The van der Waals surface area contributed by atoms with Crippen LogP contribution in [-0.2, 0) is 14.6 Å². The van der Waals surface area contributed by atoms with Crippen molar-refractivity contribution in [2.24, 2.45) is 0 Å². The maximum Gasteiger partial charge on any atom is 0.405 e. The van der Waals surface area contributed by atoms with E-state index in [1.807, 2.05) is 0 Å². The van der Waals surface area contributed by atoms with Crippen LogP contribution in [0.5, 0.6) is 0 Å². The lowest BCUT2D eigenvalue weighted by Crippen LogP contribution is -2.37. The van der Waals surface area contributed by atoms with Gasteiger partial charge in [0.15, 0.2) is 9.84 Å². The molecule has 0 bridgehead atoms. The van der Waals surface area contributed by atoms with Crippen molar-refractivity contribution in [1.82, 2.24) is 5.32 Å². The molecule has 0 unspecified atom stereocenters. The number of rotatable bonds is 4. The number of nitrogens with one attached hydrogen (secondary N) is 1. The molecule has 0 atom stereocenters. The Labute approximate surface area is 113 Å². The second-order valence-corrected chi connectivity index (χ2v) is 6.15. The van der Waals surface area contributed by atoms with Gasteiger partial charge in [-0.2, -0.15) is 13.2 Å². The first-order valence-corrected chi connectivity index (χ1v) is 7.09. The molecule has 0 aromatic heterocycles. The normalized spacial score (nSPS) is 12.2. The monoisotopic (exact) mass is 310 g/mol. The first-order chi connectivity index (χ1) is 9.01. The number of hydrogen-bond acceptors (Lipinski definition) is 4. The van der Waals surface area contributed by atoms with Crippen LogP contribution < -0.4 is 11.1 Å². The Morgan fingerprint density at radius 2 is 1.95 bits per heavy atom. The molecule has 0 saturated heterocycles. The third kappa shape index (κ3) is 4.72. The molecule has 1 amide bonds. The number of nitrogen functional groups attached to an aromatic ring is 1. The van der Waals surface area contributed by atoms with Gasteiger partial charge in [0.25, 0.3) is 0 Å². The molecule has 1 aromatic rings. The van der Waals surface area contributed by atoms with E-state index in [1.54, 1.807) is 13.0 Å². The van der Waals surface area contributed by atoms with Gasteiger partial charge in [0, 0.05) is 0 Å². The van der Waals surface area contributed by atoms with E-state index in [0.29, 0.717) is 5.56 Å². The van der Waals surface area contributed by atoms with Crippen molar-refractivity contribution in [3.05, 3.63) is 23.8 Å². The summed E-state index contributed by atoms with van der Waals surface area (Å²) in [5.74, 6) is -2.32. The predicted octanol–water partition coefficient (Wildman–Crippen LogP) is 1.03. The van der Waals surface area contributed by atoms with Crippen LogP contribution >= 0.6 is 0 Å². The van der Waals surface area contributed by atoms with Crippen LogP contribution in [-0.4, -0.2) is 32.8 Å². The lowest BCUT2D eigenvalue weighted by atomic mass is 10.2. The highest BCUT2D eigenvalue weighted by Gasteiger charge is 2.29. The zero-order valence-electron chi connectivity index (χ0n) is 10.5. The molecule has 0 aliphatic heterocycles. The number of anilines is 1. The van der Waals surface area contributed by atoms with Gasteiger partial charge < -0.3 is 11.1 Å². The van der Waals surface area contributed by atoms with Crippen molar-refractivity contribution in [3.8, 4) is 0 Å². The topological polar surface area (TPSA) is 89.3 Å². The number of nitrogens with two attached hydrogens (primary N) is 1. The minimum atomic E-state index is -4.60. The third-order valence-corrected chi connectivity index (χ3v) is 3.98. The number of sulfone groups is 1. The molecular formula is C11H13F3N2O3S. The van der Waals surface area contributed by atoms with Crippen molar-refractivity contribution in [3.63, 3.8) is 0 Å². The van der Waals surface area contributed by atoms with Crippen molar-refractivity contribution < 1.29 is 26.4 Å². The summed E-state index contributed by atoms with van der Waals surface area (Å²) in [5.41, 5.74) is 6.05. The summed E-state index contributed by atoms with van der Waals surface area (Å²) in [6, 6.07) is 4.20. The quantitative estimate of drug-likeness (QED) is 0.813. The first kappa shape index (κ1) is 16.3. The maximum absolute atomic E-state index is 11.9. The number of carbonyl (C=O) groups excluding carboxylic acids is 1. The van der Waals surface area contributed by atoms with Gasteiger partial charge in [-0.25, -0.2) is 8.42 Å². The van der Waals surface area contributed by atoms with Crippen LogP contribution in [0.3, 0.4) is 0 Å². The van der Waals surface area contributed by atoms with Crippen molar-refractivity contribution in [2.75, 3.05) is 18.0 Å². The number of alkyl halides is 3. The SMILES string of the molecule is Cc1ccc(N)c(S(=O)(=O)CC(=O)NCC(F)(F)F)c1. The van der Waals surface area contributed by atoms with Gasteiger partial charge >= 0.3 is 6.18 Å². The van der Waals surface area contributed by atoms with Crippen LogP contribution in [0.2, 0.25) is 0 Å². The van der Waals surface area contributed by atoms with E-state index in [4.69, 9.17) is 5.73 Å². The van der Waals surface area contributed by atoms with Gasteiger partial charge in [-0.05, 0) is 24.6 Å². The molecule has 1 aromatic carbocycles. The van der Waals surface area contributed by atoms with Gasteiger partial charge in [-0.15, -0.1) is 0 Å². The fraction of sp³-hybridized carbons (Fsp3) is 0.364. The summed E-state index contributed by atoms with van der Waals surface area (Å²) in [6.45, 7) is 0.0484. The van der Waals surface area contributed by atoms with E-state index in [9.17, 15) is 26.4 Å². The standard InChI is InChI=1S/C11H13F3N2O3S/c1-7-2-3-8(15)9(4-7)20(18,19)5-10(17)16-6-11(12,13)14/h2-4H,5-6,15H2,1H3,(H,16,17). The number of halogens is 3. The van der Waals surface area contributed by atoms with E-state index in [1.165, 1.54) is 17.4 Å². The first-order valence-electron chi connectivity index (χ1n) is 5.43. The Kier molecular flexibility index (Phi) is 4.64. The van der Waals surface area contributed by atoms with E-state index in [-0.39, 0.29) is 10.6 Å². The highest BCUT2D eigenvalue weighted by molar-refractivity contribution is 7.92. The Hall–Kier alpha value is -1.77. The molecule has 0 heterocycles. The lowest BCUT2D eigenvalue weighted by molar-refractivity contribution is -0.137. The summed E-state index contributed by atoms with van der Waals surface area (Å²) in [5, 5.41) is 1.50. The fourth-order valence-electron chi connectivity index (χ4n) is 1.41. The molecule has 20 heavy (non-hydrogen) atoms. The Bertz CT molecular complexity index is 612. The summed E-state index contributed by atoms with van der Waals surface area (Å²) >= 11 is 0. The molecule has 0 spiro atoms. The highest BCUT2D eigenvalue weighted by atomic mass is 32.2. The smallest absolute Gasteiger partial charge is 0.398 e. The predicted molar refractivity (Wildman–Crippen MR) is 66.7 cm³/mol. The van der Waals surface area contributed by atoms with Crippen molar-refractivity contribution in [1.29, 1.82) is 0 Å². The average molecular weight is 310 g/mol. The third-order valence-electron chi connectivity index (χ3n) is 2.31. The van der Waals surface area contributed by atoms with Crippen LogP contribution in [0.4, 0.5) is 18.9 Å². The molecule has 0 aliphatic carbocycles. The average Bonchev–Trinajstić information content (AvgIpc) is 2.28. The minimum Gasteiger partial charge on any atom is -0.398 e. The molecule has 0 radical (unpaired) electrons. The maximum atomic E-state index is 11.9. The number of aryl methyl sites for hydroxylation is 1. The molecule has 0 fully saturated rings. The molecule has 1 rings (SSSR count). The summed E-state index contributed by atoms with van der Waals surface area (Å²) < 4.78 is 59.6. The van der Waals surface area contributed by atoms with Crippen LogP contribution in [0.25, 0.3) is 0 Å². The molecule has 0 saturated carbocycles. The van der Waals surface area contributed by atoms with E-state index in [0.717, 1.165) is 0 Å². The Morgan fingerprint density at radius 1 is 1.35 bits per heavy atom. The number of amides is 1. The molecule has 3 N–H and O–H groups in total. The van der Waals surface area contributed by atoms with Crippen molar-refractivity contribution >= 4 is 21.4 Å². The second kappa shape index (κ2) is 5.70. The fourth-order valence-corrected chi connectivity index (χ4v) is 2.81. The zero-order valence-corrected chi connectivity index (χ0v) is 11.3. The van der Waals surface area contributed by atoms with Gasteiger partial charge in [0.05, 0.1) is 10.6 Å². The summed E-state index contributed by atoms with van der Waals surface area (Å²) in [6.07, 6.45) is -4.60. The molecular weight excluding hydrogens is 297 g/mol. The Balaban J connectivity index is 2.85. The molecule has 112 valence electrons. The van der Waals surface area contributed by atoms with Gasteiger partial charge in [-0.3, -0.25) is 4.79 Å². The number of hydrogen-bond donors (Lipinski definition) is 2. The van der Waals surface area contributed by atoms with E-state index in [2.05, 4.69) is 0 Å². The summed E-state index contributed by atoms with van der Waals surface area (Å²) in [4.78, 5) is 11.0. The molecule has 5 nitrogen and oxygen atoms in total. The largest absolute Gasteiger partial charge is 0.405 e. The van der Waals surface area contributed by atoms with Gasteiger partial charge in [0.1, 0.15) is 12.3 Å². The number of benzene rings is 1. The lowest BCUT2D eigenvalue weighted by Gasteiger charge is -2.10. The number of carbonyl (C=O) groups is 1. The minimum absolute atomic E-state index is 0.0563. The zero-order chi connectivity index (χ0) is 15.6. The van der Waals surface area contributed by atoms with E-state index < -0.39 is 34.2 Å². The van der Waals surface area contributed by atoms with Crippen LogP contribution in [0.15, 0.2) is 23.1 Å². The van der Waals surface area contributed by atoms with E-state index >= 15 is 0 Å². The van der Waals surface area contributed by atoms with Gasteiger partial charge in [0.2, 0.25) is 5.91 Å². The molecule has 0 aliphatic rings.